The summed E-state index contributed by atoms with van der Waals surface area (Å²) in [5, 5.41) is 0.629. The summed E-state index contributed by atoms with van der Waals surface area (Å²) < 4.78 is 8.31. The number of fused-ring (bicyclic) bond motifs is 1. The van der Waals surface area contributed by atoms with Gasteiger partial charge in [0.05, 0.1) is 17.6 Å². The predicted octanol–water partition coefficient (Wildman–Crippen LogP) is 6.98. The number of imidazole rings is 1. The third kappa shape index (κ3) is 5.12. The number of aromatic nitrogens is 2. The summed E-state index contributed by atoms with van der Waals surface area (Å²) in [4.78, 5) is 19.7. The monoisotopic (exact) mass is 501 g/mol. The van der Waals surface area contributed by atoms with E-state index in [0.29, 0.717) is 24.6 Å². The Morgan fingerprint density at radius 3 is 2.56 bits per heavy atom. The van der Waals surface area contributed by atoms with Crippen molar-refractivity contribution in [3.05, 3.63) is 89.2 Å². The molecular weight excluding hydrogens is 470 g/mol. The van der Waals surface area contributed by atoms with Crippen LogP contribution in [0.25, 0.3) is 11.0 Å². The second-order valence-corrected chi connectivity index (χ2v) is 10.9. The van der Waals surface area contributed by atoms with Crippen LogP contribution in [0.2, 0.25) is 5.02 Å². The van der Waals surface area contributed by atoms with Gasteiger partial charge < -0.3 is 14.2 Å². The average molecular weight is 502 g/mol. The van der Waals surface area contributed by atoms with Crippen LogP contribution in [0.3, 0.4) is 0 Å². The van der Waals surface area contributed by atoms with Gasteiger partial charge in [0, 0.05) is 36.1 Å². The zero-order valence-corrected chi connectivity index (χ0v) is 21.8. The van der Waals surface area contributed by atoms with Gasteiger partial charge in [0.2, 0.25) is 5.91 Å². The molecule has 0 saturated carbocycles. The molecule has 4 aromatic rings. The highest BCUT2D eigenvalue weighted by molar-refractivity contribution is 6.30. The number of aryl methyl sites for hydroxylation is 1. The third-order valence-electron chi connectivity index (χ3n) is 6.81. The van der Waals surface area contributed by atoms with Gasteiger partial charge in [-0.1, -0.05) is 62.7 Å². The summed E-state index contributed by atoms with van der Waals surface area (Å²) in [5.41, 5.74) is 4.31. The first-order valence-corrected chi connectivity index (χ1v) is 12.9. The SMILES string of the molecule is CC(C)(C)c1ccc(OCCCn2c(C3CC(=O)N(c4cccc(Cl)c4)C3)nc3ccccc32)cc1. The van der Waals surface area contributed by atoms with E-state index < -0.39 is 0 Å². The smallest absolute Gasteiger partial charge is 0.227 e. The van der Waals surface area contributed by atoms with Gasteiger partial charge in [0.1, 0.15) is 11.6 Å². The molecule has 1 aromatic heterocycles. The van der Waals surface area contributed by atoms with Crippen LogP contribution in [-0.2, 0) is 16.8 Å². The Morgan fingerprint density at radius 1 is 1.03 bits per heavy atom. The first-order valence-electron chi connectivity index (χ1n) is 12.5. The molecule has 5 rings (SSSR count). The minimum absolute atomic E-state index is 0.0229. The quantitative estimate of drug-likeness (QED) is 0.257. The lowest BCUT2D eigenvalue weighted by molar-refractivity contribution is -0.117. The molecule has 1 saturated heterocycles. The van der Waals surface area contributed by atoms with Crippen LogP contribution in [0.5, 0.6) is 5.75 Å². The first kappa shape index (κ1) is 24.4. The van der Waals surface area contributed by atoms with Crippen molar-refractivity contribution < 1.29 is 9.53 Å². The number of benzene rings is 3. The molecule has 0 radical (unpaired) electrons. The van der Waals surface area contributed by atoms with Crippen LogP contribution in [0.15, 0.2) is 72.8 Å². The number of hydrogen-bond donors (Lipinski definition) is 0. The maximum absolute atomic E-state index is 12.9. The van der Waals surface area contributed by atoms with E-state index in [4.69, 9.17) is 21.3 Å². The van der Waals surface area contributed by atoms with Crippen molar-refractivity contribution in [3.8, 4) is 5.75 Å². The second-order valence-electron chi connectivity index (χ2n) is 10.5. The van der Waals surface area contributed by atoms with Crippen molar-refractivity contribution in [2.45, 2.75) is 51.5 Å². The van der Waals surface area contributed by atoms with Gasteiger partial charge in [-0.25, -0.2) is 4.98 Å². The zero-order valence-electron chi connectivity index (χ0n) is 21.1. The number of halogens is 1. The second kappa shape index (κ2) is 9.98. The first-order chi connectivity index (χ1) is 17.3. The van der Waals surface area contributed by atoms with Crippen molar-refractivity contribution >= 4 is 34.2 Å². The molecule has 5 nitrogen and oxygen atoms in total. The molecule has 1 unspecified atom stereocenters. The van der Waals surface area contributed by atoms with Crippen LogP contribution in [-0.4, -0.2) is 28.6 Å². The number of nitrogens with zero attached hydrogens (tertiary/aromatic N) is 3. The van der Waals surface area contributed by atoms with Crippen molar-refractivity contribution in [3.63, 3.8) is 0 Å². The number of carbonyl (C=O) groups excluding carboxylic acids is 1. The molecule has 2 heterocycles. The summed E-state index contributed by atoms with van der Waals surface area (Å²) in [5.74, 6) is 1.97. The minimum atomic E-state index is 0.0229. The molecule has 0 N–H and O–H groups in total. The number of rotatable bonds is 7. The van der Waals surface area contributed by atoms with E-state index in [1.807, 2.05) is 59.5 Å². The Labute approximate surface area is 217 Å². The van der Waals surface area contributed by atoms with E-state index in [1.165, 1.54) is 5.56 Å². The molecule has 1 atom stereocenters. The molecule has 0 aliphatic carbocycles. The number of para-hydroxylation sites is 2. The van der Waals surface area contributed by atoms with E-state index >= 15 is 0 Å². The average Bonchev–Trinajstić information content (AvgIpc) is 3.42. The normalized spacial score (nSPS) is 16.2. The molecule has 1 fully saturated rings. The summed E-state index contributed by atoms with van der Waals surface area (Å²) in [6, 6.07) is 24.0. The molecule has 0 spiro atoms. The topological polar surface area (TPSA) is 47.4 Å². The molecule has 186 valence electrons. The highest BCUT2D eigenvalue weighted by Crippen LogP contribution is 2.34. The van der Waals surface area contributed by atoms with E-state index in [2.05, 4.69) is 43.5 Å². The lowest BCUT2D eigenvalue weighted by atomic mass is 9.87. The molecule has 36 heavy (non-hydrogen) atoms. The fourth-order valence-corrected chi connectivity index (χ4v) is 5.06. The van der Waals surface area contributed by atoms with Crippen LogP contribution >= 0.6 is 11.6 Å². The van der Waals surface area contributed by atoms with Crippen molar-refractivity contribution in [2.24, 2.45) is 0 Å². The van der Waals surface area contributed by atoms with E-state index in [9.17, 15) is 4.79 Å². The zero-order chi connectivity index (χ0) is 25.3. The Kier molecular flexibility index (Phi) is 6.76. The van der Waals surface area contributed by atoms with E-state index in [1.54, 1.807) is 0 Å². The number of hydrogen-bond acceptors (Lipinski definition) is 3. The van der Waals surface area contributed by atoms with E-state index in [-0.39, 0.29) is 17.2 Å². The Bertz CT molecular complexity index is 1370. The lowest BCUT2D eigenvalue weighted by Gasteiger charge is -2.19. The third-order valence-corrected chi connectivity index (χ3v) is 7.04. The maximum Gasteiger partial charge on any atom is 0.227 e. The number of amides is 1. The van der Waals surface area contributed by atoms with Gasteiger partial charge in [-0.3, -0.25) is 4.79 Å². The largest absolute Gasteiger partial charge is 0.494 e. The Hall–Kier alpha value is -3.31. The molecule has 1 aliphatic rings. The van der Waals surface area contributed by atoms with Crippen molar-refractivity contribution in [1.29, 1.82) is 0 Å². The van der Waals surface area contributed by atoms with Gasteiger partial charge in [-0.15, -0.1) is 0 Å². The van der Waals surface area contributed by atoms with Crippen molar-refractivity contribution in [1.82, 2.24) is 9.55 Å². The van der Waals surface area contributed by atoms with Crippen LogP contribution in [0, 0.1) is 0 Å². The number of ether oxygens (including phenoxy) is 1. The summed E-state index contributed by atoms with van der Waals surface area (Å²) >= 11 is 6.18. The molecule has 1 aliphatic heterocycles. The number of carbonyl (C=O) groups is 1. The molecule has 6 heteroatoms. The molecular formula is C30H32ClN3O2. The van der Waals surface area contributed by atoms with Crippen LogP contribution in [0.1, 0.15) is 50.9 Å². The summed E-state index contributed by atoms with van der Waals surface area (Å²) in [7, 11) is 0. The van der Waals surface area contributed by atoms with Gasteiger partial charge in [-0.05, 0) is 59.9 Å². The lowest BCUT2D eigenvalue weighted by Crippen LogP contribution is -2.24. The summed E-state index contributed by atoms with van der Waals surface area (Å²) in [6.07, 6.45) is 1.28. The standard InChI is InChI=1S/C30H32ClN3O2/c1-30(2,3)22-12-14-25(15-13-22)36-17-7-16-33-27-11-5-4-10-26(27)32-29(33)21-18-28(35)34(20-21)24-9-6-8-23(31)19-24/h4-6,8-15,19,21H,7,16-18,20H2,1-3H3. The molecule has 3 aromatic carbocycles. The van der Waals surface area contributed by atoms with Gasteiger partial charge in [0.25, 0.3) is 0 Å². The predicted molar refractivity (Wildman–Crippen MR) is 146 cm³/mol. The highest BCUT2D eigenvalue weighted by atomic mass is 35.5. The van der Waals surface area contributed by atoms with Gasteiger partial charge >= 0.3 is 0 Å². The minimum Gasteiger partial charge on any atom is -0.494 e. The van der Waals surface area contributed by atoms with Crippen molar-refractivity contribution in [2.75, 3.05) is 18.1 Å². The Morgan fingerprint density at radius 2 is 1.81 bits per heavy atom. The van der Waals surface area contributed by atoms with Crippen LogP contribution in [0.4, 0.5) is 5.69 Å². The van der Waals surface area contributed by atoms with Gasteiger partial charge in [-0.2, -0.15) is 0 Å². The highest BCUT2D eigenvalue weighted by Gasteiger charge is 2.34. The fourth-order valence-electron chi connectivity index (χ4n) is 4.88. The van der Waals surface area contributed by atoms with Gasteiger partial charge in [0.15, 0.2) is 0 Å². The molecule has 1 amide bonds. The Balaban J connectivity index is 1.30. The van der Waals surface area contributed by atoms with Crippen LogP contribution < -0.4 is 9.64 Å². The fraction of sp³-hybridized carbons (Fsp3) is 0.333. The maximum atomic E-state index is 12.9. The molecule has 0 bridgehead atoms. The number of anilines is 1. The van der Waals surface area contributed by atoms with E-state index in [0.717, 1.165) is 41.3 Å². The summed E-state index contributed by atoms with van der Waals surface area (Å²) in [6.45, 7) is 8.61.